The van der Waals surface area contributed by atoms with Gasteiger partial charge in [-0.25, -0.2) is 8.78 Å². The zero-order chi connectivity index (χ0) is 14.7. The lowest BCUT2D eigenvalue weighted by Crippen LogP contribution is -2.44. The molecule has 1 aliphatic heterocycles. The summed E-state index contributed by atoms with van der Waals surface area (Å²) in [5.41, 5.74) is 0.286. The van der Waals surface area contributed by atoms with Crippen molar-refractivity contribution in [1.29, 1.82) is 0 Å². The lowest BCUT2D eigenvalue weighted by molar-refractivity contribution is -0.122. The topological polar surface area (TPSA) is 50.2 Å². The summed E-state index contributed by atoms with van der Waals surface area (Å²) in [5, 5.41) is 6.69. The van der Waals surface area contributed by atoms with Gasteiger partial charge in [0, 0.05) is 11.7 Å². The predicted molar refractivity (Wildman–Crippen MR) is 70.6 cm³/mol. The molecule has 0 aliphatic carbocycles. The average Bonchev–Trinajstić information content (AvgIpc) is 2.74. The van der Waals surface area contributed by atoms with Crippen LogP contribution in [0.1, 0.15) is 30.7 Å². The summed E-state index contributed by atoms with van der Waals surface area (Å²) in [4.78, 5) is 14.1. The van der Waals surface area contributed by atoms with Crippen molar-refractivity contribution in [3.63, 3.8) is 0 Å². The Labute approximate surface area is 116 Å². The second-order valence-corrected chi connectivity index (χ2v) is 5.31. The summed E-state index contributed by atoms with van der Waals surface area (Å²) in [6, 6.07) is 1.48. The van der Waals surface area contributed by atoms with E-state index in [2.05, 4.69) is 22.4 Å². The van der Waals surface area contributed by atoms with Crippen molar-refractivity contribution in [2.75, 3.05) is 20.1 Å². The molecular formula is C13H20F2N4O. The van der Waals surface area contributed by atoms with Gasteiger partial charge in [-0.3, -0.25) is 9.48 Å². The number of likely N-dealkylation sites (tertiary alicyclic amines) is 1. The minimum atomic E-state index is -2.60. The third kappa shape index (κ3) is 3.75. The van der Waals surface area contributed by atoms with Crippen molar-refractivity contribution in [1.82, 2.24) is 20.0 Å². The minimum Gasteiger partial charge on any atom is -0.352 e. The van der Waals surface area contributed by atoms with Crippen molar-refractivity contribution >= 4 is 5.91 Å². The fourth-order valence-corrected chi connectivity index (χ4v) is 2.36. The Morgan fingerprint density at radius 1 is 1.50 bits per heavy atom. The molecule has 112 valence electrons. The van der Waals surface area contributed by atoms with E-state index in [4.69, 9.17) is 0 Å². The Bertz CT molecular complexity index is 467. The fraction of sp³-hybridized carbons (Fsp3) is 0.692. The van der Waals surface area contributed by atoms with Gasteiger partial charge in [-0.15, -0.1) is 0 Å². The lowest BCUT2D eigenvalue weighted by Gasteiger charge is -2.29. The van der Waals surface area contributed by atoms with Crippen LogP contribution in [-0.4, -0.2) is 46.8 Å². The number of rotatable bonds is 4. The normalized spacial score (nSPS) is 17.6. The van der Waals surface area contributed by atoms with E-state index in [-0.39, 0.29) is 24.2 Å². The summed E-state index contributed by atoms with van der Waals surface area (Å²) in [6.07, 6.45) is -0.766. The molecule has 0 saturated carbocycles. The summed E-state index contributed by atoms with van der Waals surface area (Å²) in [7, 11) is 2.05. The molecule has 0 bridgehead atoms. The maximum absolute atomic E-state index is 12.5. The van der Waals surface area contributed by atoms with Crippen molar-refractivity contribution in [3.05, 3.63) is 17.5 Å². The highest BCUT2D eigenvalue weighted by atomic mass is 19.3. The van der Waals surface area contributed by atoms with Gasteiger partial charge in [-0.05, 0) is 46.0 Å². The number of aromatic nitrogens is 2. The summed E-state index contributed by atoms with van der Waals surface area (Å²) >= 11 is 0. The van der Waals surface area contributed by atoms with Crippen LogP contribution in [-0.2, 0) is 11.3 Å². The molecule has 0 unspecified atom stereocenters. The first kappa shape index (κ1) is 14.9. The average molecular weight is 286 g/mol. The van der Waals surface area contributed by atoms with Crippen LogP contribution in [0.15, 0.2) is 6.07 Å². The number of hydrogen-bond acceptors (Lipinski definition) is 3. The Morgan fingerprint density at radius 2 is 2.15 bits per heavy atom. The van der Waals surface area contributed by atoms with Gasteiger partial charge in [0.15, 0.2) is 0 Å². The van der Waals surface area contributed by atoms with Crippen LogP contribution in [0.5, 0.6) is 0 Å². The monoisotopic (exact) mass is 286 g/mol. The molecule has 1 amide bonds. The van der Waals surface area contributed by atoms with E-state index >= 15 is 0 Å². The Balaban J connectivity index is 1.88. The number of nitrogens with zero attached hydrogens (tertiary/aromatic N) is 3. The van der Waals surface area contributed by atoms with Crippen LogP contribution < -0.4 is 5.32 Å². The predicted octanol–water partition coefficient (Wildman–Crippen LogP) is 1.34. The van der Waals surface area contributed by atoms with Crippen LogP contribution >= 0.6 is 0 Å². The summed E-state index contributed by atoms with van der Waals surface area (Å²) < 4.78 is 26.4. The van der Waals surface area contributed by atoms with Crippen molar-refractivity contribution in [2.45, 2.75) is 38.8 Å². The Hall–Kier alpha value is -1.50. The number of amides is 1. The lowest BCUT2D eigenvalue weighted by atomic mass is 10.1. The third-order valence-electron chi connectivity index (χ3n) is 3.60. The van der Waals surface area contributed by atoms with E-state index in [1.165, 1.54) is 10.7 Å². The molecule has 7 heteroatoms. The van der Waals surface area contributed by atoms with Gasteiger partial charge in [-0.2, -0.15) is 5.10 Å². The molecule has 0 atom stereocenters. The molecule has 20 heavy (non-hydrogen) atoms. The molecule has 1 aromatic rings. The van der Waals surface area contributed by atoms with Gasteiger partial charge in [-0.1, -0.05) is 0 Å². The minimum absolute atomic E-state index is 0.00904. The van der Waals surface area contributed by atoms with Gasteiger partial charge < -0.3 is 10.2 Å². The van der Waals surface area contributed by atoms with Crippen molar-refractivity contribution in [2.24, 2.45) is 0 Å². The number of nitrogens with one attached hydrogen (secondary N) is 1. The maximum atomic E-state index is 12.5. The quantitative estimate of drug-likeness (QED) is 0.908. The van der Waals surface area contributed by atoms with Crippen LogP contribution in [0, 0.1) is 6.92 Å². The van der Waals surface area contributed by atoms with Gasteiger partial charge >= 0.3 is 0 Å². The second kappa shape index (κ2) is 6.30. The van der Waals surface area contributed by atoms with E-state index in [1.54, 1.807) is 6.92 Å². The fourth-order valence-electron chi connectivity index (χ4n) is 2.36. The molecule has 1 fully saturated rings. The first-order valence-electron chi connectivity index (χ1n) is 6.76. The van der Waals surface area contributed by atoms with E-state index < -0.39 is 6.43 Å². The van der Waals surface area contributed by atoms with Gasteiger partial charge in [0.2, 0.25) is 5.91 Å². The largest absolute Gasteiger partial charge is 0.352 e. The van der Waals surface area contributed by atoms with E-state index in [0.29, 0.717) is 5.69 Å². The third-order valence-corrected chi connectivity index (χ3v) is 3.60. The summed E-state index contributed by atoms with van der Waals surface area (Å²) in [6.45, 7) is 3.58. The smallest absolute Gasteiger partial charge is 0.282 e. The number of hydrogen-bond donors (Lipinski definition) is 1. The number of halogens is 2. The van der Waals surface area contributed by atoms with Crippen molar-refractivity contribution < 1.29 is 13.6 Å². The molecular weight excluding hydrogens is 266 g/mol. The summed E-state index contributed by atoms with van der Waals surface area (Å²) in [5.74, 6) is -0.174. The number of carbonyl (C=O) groups excluding carboxylic acids is 1. The van der Waals surface area contributed by atoms with Crippen LogP contribution in [0.4, 0.5) is 8.78 Å². The number of alkyl halides is 2. The molecule has 1 aliphatic rings. The molecule has 1 saturated heterocycles. The molecule has 0 aromatic carbocycles. The molecule has 2 heterocycles. The van der Waals surface area contributed by atoms with E-state index in [1.807, 2.05) is 0 Å². The van der Waals surface area contributed by atoms with Crippen molar-refractivity contribution in [3.8, 4) is 0 Å². The molecule has 0 radical (unpaired) electrons. The zero-order valence-corrected chi connectivity index (χ0v) is 11.8. The standard InChI is InChI=1S/C13H20F2N4O/c1-9-7-11(13(14)15)17-19(9)8-12(20)16-10-3-5-18(2)6-4-10/h7,10,13H,3-6,8H2,1-2H3,(H,16,20). The van der Waals surface area contributed by atoms with E-state index in [9.17, 15) is 13.6 Å². The highest BCUT2D eigenvalue weighted by molar-refractivity contribution is 5.76. The van der Waals surface area contributed by atoms with Gasteiger partial charge in [0.25, 0.3) is 6.43 Å². The SMILES string of the molecule is Cc1cc(C(F)F)nn1CC(=O)NC1CCN(C)CC1. The molecule has 0 spiro atoms. The zero-order valence-electron chi connectivity index (χ0n) is 11.8. The molecule has 5 nitrogen and oxygen atoms in total. The first-order chi connectivity index (χ1) is 9.45. The van der Waals surface area contributed by atoms with E-state index in [0.717, 1.165) is 25.9 Å². The highest BCUT2D eigenvalue weighted by Gasteiger charge is 2.20. The van der Waals surface area contributed by atoms with Gasteiger partial charge in [0.1, 0.15) is 12.2 Å². The molecule has 1 aromatic heterocycles. The number of piperidine rings is 1. The van der Waals surface area contributed by atoms with Crippen LogP contribution in [0.3, 0.4) is 0 Å². The molecule has 1 N–H and O–H groups in total. The number of carbonyl (C=O) groups is 1. The Kier molecular flexibility index (Phi) is 4.69. The molecule has 2 rings (SSSR count). The first-order valence-corrected chi connectivity index (χ1v) is 6.76. The van der Waals surface area contributed by atoms with Crippen LogP contribution in [0.2, 0.25) is 0 Å². The second-order valence-electron chi connectivity index (χ2n) is 5.31. The number of aryl methyl sites for hydroxylation is 1. The van der Waals surface area contributed by atoms with Gasteiger partial charge in [0.05, 0.1) is 0 Å². The maximum Gasteiger partial charge on any atom is 0.282 e. The Morgan fingerprint density at radius 3 is 2.70 bits per heavy atom. The van der Waals surface area contributed by atoms with Crippen LogP contribution in [0.25, 0.3) is 0 Å². The highest BCUT2D eigenvalue weighted by Crippen LogP contribution is 2.17.